The first kappa shape index (κ1) is 26.7. The van der Waals surface area contributed by atoms with Gasteiger partial charge in [-0.2, -0.15) is 0 Å². The minimum atomic E-state index is -0.625. The zero-order valence-electron chi connectivity index (χ0n) is 20.7. The number of rotatable bonds is 9. The Morgan fingerprint density at radius 3 is 2.16 bits per heavy atom. The molecule has 0 saturated carbocycles. The monoisotopic (exact) mass is 494 g/mol. The maximum absolute atomic E-state index is 11.8. The number of Topliss-reactive ketones (excluding diaryl/α,β-unsaturated/α-hetero) is 1. The second kappa shape index (κ2) is 12.7. The van der Waals surface area contributed by atoms with Crippen molar-refractivity contribution in [1.82, 2.24) is 0 Å². The van der Waals surface area contributed by atoms with E-state index in [4.69, 9.17) is 14.2 Å². The van der Waals surface area contributed by atoms with Gasteiger partial charge in [-0.1, -0.05) is 43.2 Å². The molecule has 37 heavy (non-hydrogen) atoms. The second-order valence-corrected chi connectivity index (χ2v) is 8.21. The number of fused-ring (bicyclic) bond motifs is 1. The van der Waals surface area contributed by atoms with Gasteiger partial charge in [-0.3, -0.25) is 4.79 Å². The number of esters is 2. The van der Waals surface area contributed by atoms with Crippen LogP contribution in [0.3, 0.4) is 0 Å². The van der Waals surface area contributed by atoms with Gasteiger partial charge in [-0.15, -0.1) is 0 Å². The summed E-state index contributed by atoms with van der Waals surface area (Å²) in [7, 11) is 0. The Bertz CT molecular complexity index is 1450. The summed E-state index contributed by atoms with van der Waals surface area (Å²) in [4.78, 5) is 34.7. The fourth-order valence-electron chi connectivity index (χ4n) is 2.97. The van der Waals surface area contributed by atoms with Crippen molar-refractivity contribution in [2.24, 2.45) is 0 Å². The molecule has 0 aromatic heterocycles. The lowest BCUT2D eigenvalue weighted by Gasteiger charge is -2.05. The number of hydrogen-bond donors (Lipinski definition) is 0. The molecule has 0 heterocycles. The molecule has 0 N–H and O–H groups in total. The topological polar surface area (TPSA) is 78.9 Å². The maximum atomic E-state index is 11.8. The number of ketones is 1. The average molecular weight is 495 g/mol. The molecule has 0 aliphatic carbocycles. The molecule has 0 aliphatic rings. The number of ether oxygens (including phenoxy) is 3. The van der Waals surface area contributed by atoms with E-state index in [0.717, 1.165) is 27.5 Å². The highest BCUT2D eigenvalue weighted by atomic mass is 16.7. The first-order valence-electron chi connectivity index (χ1n) is 11.4. The van der Waals surface area contributed by atoms with Crippen LogP contribution in [0.2, 0.25) is 0 Å². The van der Waals surface area contributed by atoms with E-state index >= 15 is 0 Å². The highest BCUT2D eigenvalue weighted by Gasteiger charge is 2.05. The van der Waals surface area contributed by atoms with Gasteiger partial charge in [-0.25, -0.2) is 9.59 Å². The first-order valence-corrected chi connectivity index (χ1v) is 11.4. The van der Waals surface area contributed by atoms with Crippen molar-refractivity contribution in [3.8, 4) is 17.6 Å². The standard InChI is InChI=1S/C31H26O6/c1-21(2)29(32)19-35-28-14-9-23(10-15-28)5-6-24-7-12-27-18-25(8-13-26(27)17-24)11-16-30(33)36-20-37-31(34)22(3)4/h7-18H,1,3,19-20H2,2,4H3/b16-11+. The average Bonchev–Trinajstić information content (AvgIpc) is 2.89. The van der Waals surface area contributed by atoms with Crippen molar-refractivity contribution in [2.45, 2.75) is 13.8 Å². The van der Waals surface area contributed by atoms with Gasteiger partial charge >= 0.3 is 11.9 Å². The van der Waals surface area contributed by atoms with E-state index in [2.05, 4.69) is 25.0 Å². The molecule has 0 radical (unpaired) electrons. The molecule has 6 heteroatoms. The van der Waals surface area contributed by atoms with E-state index in [0.29, 0.717) is 11.3 Å². The lowest BCUT2D eigenvalue weighted by atomic mass is 10.0. The molecular formula is C31H26O6. The van der Waals surface area contributed by atoms with Crippen LogP contribution < -0.4 is 4.74 Å². The molecule has 0 amide bonds. The van der Waals surface area contributed by atoms with Gasteiger partial charge in [0.05, 0.1) is 0 Å². The van der Waals surface area contributed by atoms with Crippen molar-refractivity contribution >= 4 is 34.6 Å². The van der Waals surface area contributed by atoms with Crippen molar-refractivity contribution in [3.05, 3.63) is 108 Å². The number of benzene rings is 3. The molecule has 6 nitrogen and oxygen atoms in total. The zero-order valence-corrected chi connectivity index (χ0v) is 20.7. The lowest BCUT2D eigenvalue weighted by Crippen LogP contribution is -2.11. The Labute approximate surface area is 215 Å². The van der Waals surface area contributed by atoms with E-state index in [9.17, 15) is 14.4 Å². The van der Waals surface area contributed by atoms with E-state index in [1.54, 1.807) is 25.1 Å². The Morgan fingerprint density at radius 1 is 0.811 bits per heavy atom. The molecule has 0 saturated heterocycles. The number of carbonyl (C=O) groups is 3. The molecule has 0 aliphatic heterocycles. The molecule has 186 valence electrons. The predicted molar refractivity (Wildman–Crippen MR) is 143 cm³/mol. The fraction of sp³-hybridized carbons (Fsp3) is 0.129. The van der Waals surface area contributed by atoms with Crippen LogP contribution in [0.4, 0.5) is 0 Å². The number of hydrogen-bond acceptors (Lipinski definition) is 6. The molecule has 0 bridgehead atoms. The van der Waals surface area contributed by atoms with Crippen molar-refractivity contribution in [2.75, 3.05) is 13.4 Å². The van der Waals surface area contributed by atoms with Crippen LogP contribution >= 0.6 is 0 Å². The van der Waals surface area contributed by atoms with Crippen molar-refractivity contribution in [1.29, 1.82) is 0 Å². The molecule has 0 atom stereocenters. The van der Waals surface area contributed by atoms with Crippen LogP contribution in [0, 0.1) is 11.8 Å². The van der Waals surface area contributed by atoms with Gasteiger partial charge in [0.2, 0.25) is 6.79 Å². The van der Waals surface area contributed by atoms with E-state index in [-0.39, 0.29) is 18.0 Å². The quantitative estimate of drug-likeness (QED) is 0.172. The Morgan fingerprint density at radius 2 is 1.46 bits per heavy atom. The zero-order chi connectivity index (χ0) is 26.8. The Hall–Kier alpha value is -4.89. The van der Waals surface area contributed by atoms with Crippen LogP contribution in [-0.2, 0) is 23.9 Å². The summed E-state index contributed by atoms with van der Waals surface area (Å²) in [6.07, 6.45) is 2.89. The van der Waals surface area contributed by atoms with E-state index < -0.39 is 18.7 Å². The highest BCUT2D eigenvalue weighted by molar-refractivity contribution is 5.95. The van der Waals surface area contributed by atoms with Crippen LogP contribution in [0.25, 0.3) is 16.8 Å². The largest absolute Gasteiger partial charge is 0.485 e. The van der Waals surface area contributed by atoms with Crippen LogP contribution in [0.5, 0.6) is 5.75 Å². The molecule has 0 fully saturated rings. The highest BCUT2D eigenvalue weighted by Crippen LogP contribution is 2.19. The third-order valence-electron chi connectivity index (χ3n) is 5.07. The van der Waals surface area contributed by atoms with Crippen LogP contribution in [0.15, 0.2) is 91.0 Å². The Kier molecular flexibility index (Phi) is 9.17. The smallest absolute Gasteiger partial charge is 0.335 e. The Balaban J connectivity index is 1.59. The summed E-state index contributed by atoms with van der Waals surface area (Å²) in [5.74, 6) is 5.49. The normalized spacial score (nSPS) is 10.3. The third kappa shape index (κ3) is 8.37. The fourth-order valence-corrected chi connectivity index (χ4v) is 2.97. The molecule has 3 aromatic rings. The van der Waals surface area contributed by atoms with Gasteiger partial charge in [0.25, 0.3) is 0 Å². The van der Waals surface area contributed by atoms with Crippen LogP contribution in [0.1, 0.15) is 30.5 Å². The molecular weight excluding hydrogens is 468 g/mol. The summed E-state index contributed by atoms with van der Waals surface area (Å²) in [6, 6.07) is 18.8. The van der Waals surface area contributed by atoms with E-state index in [1.165, 1.54) is 13.0 Å². The summed E-state index contributed by atoms with van der Waals surface area (Å²) >= 11 is 0. The minimum Gasteiger partial charge on any atom is -0.485 e. The maximum Gasteiger partial charge on any atom is 0.335 e. The van der Waals surface area contributed by atoms with Gasteiger partial charge in [-0.05, 0) is 84.3 Å². The summed E-state index contributed by atoms with van der Waals surface area (Å²) < 4.78 is 15.0. The van der Waals surface area contributed by atoms with E-state index in [1.807, 2.05) is 48.5 Å². The van der Waals surface area contributed by atoms with Gasteiger partial charge < -0.3 is 14.2 Å². The predicted octanol–water partition coefficient (Wildman–Crippen LogP) is 5.40. The molecule has 3 aromatic carbocycles. The second-order valence-electron chi connectivity index (χ2n) is 8.21. The summed E-state index contributed by atoms with van der Waals surface area (Å²) in [5.41, 5.74) is 3.18. The lowest BCUT2D eigenvalue weighted by molar-refractivity contribution is -0.160. The van der Waals surface area contributed by atoms with Crippen molar-refractivity contribution in [3.63, 3.8) is 0 Å². The van der Waals surface area contributed by atoms with Crippen LogP contribution in [-0.4, -0.2) is 31.1 Å². The SMILES string of the molecule is C=C(C)C(=O)COc1ccc(C#Cc2ccc3cc(/C=C/C(=O)OCOC(=O)C(=C)C)ccc3c2)cc1. The molecule has 3 rings (SSSR count). The number of carbonyl (C=O) groups excluding carboxylic acids is 3. The first-order chi connectivity index (χ1) is 17.7. The molecule has 0 unspecified atom stereocenters. The summed E-state index contributed by atoms with van der Waals surface area (Å²) in [5, 5.41) is 1.99. The van der Waals surface area contributed by atoms with Crippen molar-refractivity contribution < 1.29 is 28.6 Å². The van der Waals surface area contributed by atoms with Gasteiger partial charge in [0, 0.05) is 22.8 Å². The third-order valence-corrected chi connectivity index (χ3v) is 5.07. The molecule has 0 spiro atoms. The van der Waals surface area contributed by atoms with Gasteiger partial charge in [0.15, 0.2) is 12.4 Å². The minimum absolute atomic E-state index is 0.0357. The summed E-state index contributed by atoms with van der Waals surface area (Å²) in [6.45, 7) is 9.71. The van der Waals surface area contributed by atoms with Gasteiger partial charge in [0.1, 0.15) is 5.75 Å².